The van der Waals surface area contributed by atoms with E-state index < -0.39 is 0 Å². The largest absolute Gasteiger partial charge is 0.455 e. The van der Waals surface area contributed by atoms with Crippen LogP contribution in [0.1, 0.15) is 25.0 Å². The molecular formula is C55H36N4OS. The smallest absolute Gasteiger partial charge is 0.167 e. The predicted molar refractivity (Wildman–Crippen MR) is 250 cm³/mol. The van der Waals surface area contributed by atoms with E-state index >= 15 is 0 Å². The van der Waals surface area contributed by atoms with Gasteiger partial charge in [-0.05, 0) is 80.9 Å². The van der Waals surface area contributed by atoms with Crippen LogP contribution in [0.5, 0.6) is 0 Å². The summed E-state index contributed by atoms with van der Waals surface area (Å²) in [7, 11) is 0. The first-order valence-corrected chi connectivity index (χ1v) is 21.4. The van der Waals surface area contributed by atoms with E-state index in [1.165, 1.54) is 32.5 Å². The molecule has 61 heavy (non-hydrogen) atoms. The molecule has 0 N–H and O–H groups in total. The zero-order valence-electron chi connectivity index (χ0n) is 33.4. The number of rotatable bonds is 6. The second-order valence-electron chi connectivity index (χ2n) is 16.2. The summed E-state index contributed by atoms with van der Waals surface area (Å²) >= 11 is 1.77. The Morgan fingerprint density at radius 3 is 1.82 bits per heavy atom. The highest BCUT2D eigenvalue weighted by Gasteiger charge is 2.36. The highest BCUT2D eigenvalue weighted by atomic mass is 32.1. The third kappa shape index (κ3) is 5.90. The SMILES string of the molecule is CC1(C)c2cc(-c3ccc(-c4nc(-c5cccc(-c6ccccc6)c5)nc(-c5cccc6c5oc5ccccc56)n4)cc3)ccc2-c2cc3nc(-c4ccccc4)sc3cc21. The maximum Gasteiger partial charge on any atom is 0.167 e. The number of para-hydroxylation sites is 2. The van der Waals surface area contributed by atoms with Crippen molar-refractivity contribution in [2.45, 2.75) is 19.3 Å². The summed E-state index contributed by atoms with van der Waals surface area (Å²) in [6.07, 6.45) is 0. The second-order valence-corrected chi connectivity index (χ2v) is 17.3. The van der Waals surface area contributed by atoms with Gasteiger partial charge in [0.15, 0.2) is 17.5 Å². The summed E-state index contributed by atoms with van der Waals surface area (Å²) in [5.74, 6) is 1.76. The van der Waals surface area contributed by atoms with Crippen molar-refractivity contribution in [1.82, 2.24) is 19.9 Å². The van der Waals surface area contributed by atoms with Crippen molar-refractivity contribution in [1.29, 1.82) is 0 Å². The van der Waals surface area contributed by atoms with E-state index in [0.717, 1.165) is 71.4 Å². The summed E-state index contributed by atoms with van der Waals surface area (Å²) in [6, 6.07) is 63.7. The summed E-state index contributed by atoms with van der Waals surface area (Å²) in [5.41, 5.74) is 16.0. The van der Waals surface area contributed by atoms with Gasteiger partial charge in [-0.25, -0.2) is 19.9 Å². The van der Waals surface area contributed by atoms with Crippen molar-refractivity contribution in [2.24, 2.45) is 0 Å². The number of hydrogen-bond donors (Lipinski definition) is 0. The Kier molecular flexibility index (Phi) is 7.99. The molecule has 0 aliphatic heterocycles. The van der Waals surface area contributed by atoms with Crippen molar-refractivity contribution in [2.75, 3.05) is 0 Å². The van der Waals surface area contributed by atoms with Crippen molar-refractivity contribution < 1.29 is 4.42 Å². The Balaban J connectivity index is 0.931. The van der Waals surface area contributed by atoms with Gasteiger partial charge in [0.2, 0.25) is 0 Å². The topological polar surface area (TPSA) is 64.7 Å². The van der Waals surface area contributed by atoms with Gasteiger partial charge in [-0.1, -0.05) is 159 Å². The van der Waals surface area contributed by atoms with Crippen LogP contribution in [-0.4, -0.2) is 19.9 Å². The van der Waals surface area contributed by atoms with E-state index in [4.69, 9.17) is 24.4 Å². The maximum absolute atomic E-state index is 6.47. The molecule has 12 rings (SSSR count). The van der Waals surface area contributed by atoms with Crippen molar-refractivity contribution in [3.63, 3.8) is 0 Å². The Hall–Kier alpha value is -7.54. The van der Waals surface area contributed by atoms with E-state index in [1.54, 1.807) is 11.3 Å². The molecule has 3 heterocycles. The van der Waals surface area contributed by atoms with Crippen molar-refractivity contribution in [3.05, 3.63) is 193 Å². The van der Waals surface area contributed by atoms with Gasteiger partial charge < -0.3 is 4.42 Å². The molecular weight excluding hydrogens is 765 g/mol. The molecule has 0 unspecified atom stereocenters. The summed E-state index contributed by atoms with van der Waals surface area (Å²) in [5, 5.41) is 3.15. The lowest BCUT2D eigenvalue weighted by molar-refractivity contribution is 0.661. The normalized spacial score (nSPS) is 12.9. The molecule has 0 amide bonds. The fourth-order valence-corrected chi connectivity index (χ4v) is 9.99. The number of hydrogen-bond acceptors (Lipinski definition) is 6. The second kappa shape index (κ2) is 13.8. The van der Waals surface area contributed by atoms with Crippen molar-refractivity contribution in [3.8, 4) is 78.1 Å². The third-order valence-corrected chi connectivity index (χ3v) is 13.3. The molecule has 0 fully saturated rings. The Morgan fingerprint density at radius 2 is 1.00 bits per heavy atom. The maximum atomic E-state index is 6.47. The first kappa shape index (κ1) is 35.4. The average molecular weight is 801 g/mol. The molecule has 3 aromatic heterocycles. The fraction of sp³-hybridized carbons (Fsp3) is 0.0545. The lowest BCUT2D eigenvalue weighted by atomic mass is 9.81. The first-order valence-electron chi connectivity index (χ1n) is 20.5. The van der Waals surface area contributed by atoms with E-state index in [0.29, 0.717) is 17.5 Å². The Morgan fingerprint density at radius 1 is 0.410 bits per heavy atom. The van der Waals surface area contributed by atoms with E-state index in [1.807, 2.05) is 42.5 Å². The summed E-state index contributed by atoms with van der Waals surface area (Å²) < 4.78 is 7.69. The van der Waals surface area contributed by atoms with E-state index in [-0.39, 0.29) is 5.41 Å². The van der Waals surface area contributed by atoms with Gasteiger partial charge in [0.25, 0.3) is 0 Å². The minimum atomic E-state index is -0.163. The highest BCUT2D eigenvalue weighted by Crippen LogP contribution is 2.51. The number of fused-ring (bicyclic) bond motifs is 7. The molecule has 1 aliphatic rings. The van der Waals surface area contributed by atoms with E-state index in [9.17, 15) is 0 Å². The molecule has 0 spiro atoms. The molecule has 288 valence electrons. The van der Waals surface area contributed by atoms with Crippen LogP contribution in [0.4, 0.5) is 0 Å². The fourth-order valence-electron chi connectivity index (χ4n) is 9.00. The van der Waals surface area contributed by atoms with Gasteiger partial charge >= 0.3 is 0 Å². The van der Waals surface area contributed by atoms with Gasteiger partial charge in [0.1, 0.15) is 16.2 Å². The highest BCUT2D eigenvalue weighted by molar-refractivity contribution is 7.21. The van der Waals surface area contributed by atoms with Gasteiger partial charge in [-0.15, -0.1) is 11.3 Å². The van der Waals surface area contributed by atoms with Gasteiger partial charge in [0.05, 0.1) is 15.8 Å². The summed E-state index contributed by atoms with van der Waals surface area (Å²) in [6.45, 7) is 4.68. The Labute approximate surface area is 356 Å². The van der Waals surface area contributed by atoms with Crippen LogP contribution >= 0.6 is 11.3 Å². The van der Waals surface area contributed by atoms with Crippen LogP contribution < -0.4 is 0 Å². The van der Waals surface area contributed by atoms with Crippen LogP contribution in [0.15, 0.2) is 186 Å². The quantitative estimate of drug-likeness (QED) is 0.168. The molecule has 6 heteroatoms. The van der Waals surface area contributed by atoms with Gasteiger partial charge in [-0.2, -0.15) is 0 Å². The minimum absolute atomic E-state index is 0.163. The van der Waals surface area contributed by atoms with Crippen LogP contribution in [0.25, 0.3) is 110 Å². The van der Waals surface area contributed by atoms with Crippen LogP contribution in [-0.2, 0) is 5.41 Å². The number of furan rings is 1. The molecule has 0 radical (unpaired) electrons. The lowest BCUT2D eigenvalue weighted by Crippen LogP contribution is -2.14. The van der Waals surface area contributed by atoms with Gasteiger partial charge in [0, 0.05) is 32.9 Å². The Bertz CT molecular complexity index is 3500. The molecule has 8 aromatic carbocycles. The molecule has 11 aromatic rings. The molecule has 0 bridgehead atoms. The molecule has 0 saturated carbocycles. The first-order chi connectivity index (χ1) is 29.9. The zero-order valence-corrected chi connectivity index (χ0v) is 34.2. The lowest BCUT2D eigenvalue weighted by Gasteiger charge is -2.22. The van der Waals surface area contributed by atoms with Gasteiger partial charge in [-0.3, -0.25) is 0 Å². The zero-order chi connectivity index (χ0) is 40.7. The van der Waals surface area contributed by atoms with Crippen LogP contribution in [0.3, 0.4) is 0 Å². The van der Waals surface area contributed by atoms with Crippen LogP contribution in [0.2, 0.25) is 0 Å². The number of aromatic nitrogens is 4. The standard InChI is InChI=1S/C55H36N4OS/c1-55(2)45-30-38(27-28-40(45)44-31-47-49(32-46(44)55)61-54(56-47)36-15-7-4-8-16-36)34-23-25-35(26-24-34)51-57-52(39-18-11-17-37(29-39)33-13-5-3-6-14-33)59-53(58-51)43-21-12-20-42-41-19-9-10-22-48(41)60-50(42)43/h3-32H,1-2H3. The minimum Gasteiger partial charge on any atom is -0.455 e. The molecule has 0 atom stereocenters. The number of thiazole rings is 1. The molecule has 0 saturated heterocycles. The van der Waals surface area contributed by atoms with E-state index in [2.05, 4.69) is 153 Å². The average Bonchev–Trinajstić information content (AvgIpc) is 3.99. The molecule has 5 nitrogen and oxygen atoms in total. The molecule has 1 aliphatic carbocycles. The monoisotopic (exact) mass is 800 g/mol. The number of nitrogens with zero attached hydrogens (tertiary/aromatic N) is 4. The number of benzene rings is 8. The summed E-state index contributed by atoms with van der Waals surface area (Å²) in [4.78, 5) is 20.5. The third-order valence-electron chi connectivity index (χ3n) is 12.2. The van der Waals surface area contributed by atoms with Crippen LogP contribution in [0, 0.1) is 0 Å². The van der Waals surface area contributed by atoms with Crippen molar-refractivity contribution >= 4 is 43.5 Å². The predicted octanol–water partition coefficient (Wildman–Crippen LogP) is 14.7.